The van der Waals surface area contributed by atoms with E-state index in [-0.39, 0.29) is 27.5 Å². The topological polar surface area (TPSA) is 83.6 Å². The molecule has 2 amide bonds. The van der Waals surface area contributed by atoms with Crippen molar-refractivity contribution in [3.05, 3.63) is 77.4 Å². The Morgan fingerprint density at radius 3 is 2.37 bits per heavy atom. The number of hydrogen-bond acceptors (Lipinski definition) is 3. The lowest BCUT2D eigenvalue weighted by atomic mass is 10.1. The van der Waals surface area contributed by atoms with E-state index in [0.29, 0.717) is 5.56 Å². The Labute approximate surface area is 157 Å². The molecule has 1 heterocycles. The highest BCUT2D eigenvalue weighted by atomic mass is 32.1. The first-order valence-corrected chi connectivity index (χ1v) is 8.62. The van der Waals surface area contributed by atoms with Crippen LogP contribution in [0.25, 0.3) is 10.4 Å². The largest absolute Gasteiger partial charge is 0.465 e. The van der Waals surface area contributed by atoms with Crippen LogP contribution in [-0.4, -0.2) is 17.1 Å². The Morgan fingerprint density at radius 2 is 1.78 bits per heavy atom. The molecule has 0 bridgehead atoms. The van der Waals surface area contributed by atoms with Crippen LogP contribution in [0.5, 0.6) is 0 Å². The second kappa shape index (κ2) is 7.55. The minimum absolute atomic E-state index is 0.0116. The first-order chi connectivity index (χ1) is 12.9. The fourth-order valence-electron chi connectivity index (χ4n) is 2.57. The van der Waals surface area contributed by atoms with Crippen LogP contribution in [0.15, 0.2) is 54.6 Å². The molecule has 3 aromatic rings. The van der Waals surface area contributed by atoms with Crippen LogP contribution in [-0.2, 0) is 6.54 Å². The summed E-state index contributed by atoms with van der Waals surface area (Å²) in [5, 5.41) is 9.70. The van der Waals surface area contributed by atoms with Gasteiger partial charge in [0, 0.05) is 16.5 Å². The molecular weight excluding hydrogens is 374 g/mol. The van der Waals surface area contributed by atoms with Crippen molar-refractivity contribution < 1.29 is 23.5 Å². The van der Waals surface area contributed by atoms with E-state index in [1.54, 1.807) is 30.3 Å². The molecule has 8 heteroatoms. The smallest absolute Gasteiger partial charge is 0.412 e. The molecule has 0 aliphatic heterocycles. The lowest BCUT2D eigenvalue weighted by molar-refractivity contribution is 0.100. The molecule has 0 fully saturated rings. The molecule has 0 radical (unpaired) electrons. The molecular formula is C19H14F2N2O3S. The molecule has 3 rings (SSSR count). The summed E-state index contributed by atoms with van der Waals surface area (Å²) in [5.74, 6) is -2.39. The van der Waals surface area contributed by atoms with Crippen molar-refractivity contribution in [1.29, 1.82) is 0 Å². The van der Waals surface area contributed by atoms with Gasteiger partial charge in [-0.1, -0.05) is 30.3 Å². The maximum absolute atomic E-state index is 14.1. The standard InChI is InChI=1S/C19H14F2N2O3S/c20-12-6-7-13(15(21)8-12)16-9-14(17(22)24)18(27-16)23(19(25)26)10-11-4-2-1-3-5-11/h1-9H,10H2,(H2,22,24)(H,25,26). The molecule has 5 nitrogen and oxygen atoms in total. The van der Waals surface area contributed by atoms with Gasteiger partial charge in [0.2, 0.25) is 0 Å². The molecule has 1 aromatic heterocycles. The number of nitrogens with two attached hydrogens (primary N) is 1. The zero-order chi connectivity index (χ0) is 19.6. The van der Waals surface area contributed by atoms with Crippen molar-refractivity contribution in [2.24, 2.45) is 5.73 Å². The van der Waals surface area contributed by atoms with E-state index in [0.717, 1.165) is 28.4 Å². The lowest BCUT2D eigenvalue weighted by Crippen LogP contribution is -2.29. The average Bonchev–Trinajstić information content (AvgIpc) is 3.05. The first kappa shape index (κ1) is 18.5. The summed E-state index contributed by atoms with van der Waals surface area (Å²) in [6, 6.07) is 13.2. The Balaban J connectivity index is 2.08. The Bertz CT molecular complexity index is 1010. The fraction of sp³-hybridized carbons (Fsp3) is 0.0526. The number of rotatable bonds is 5. The van der Waals surface area contributed by atoms with Crippen LogP contribution >= 0.6 is 11.3 Å². The second-order valence-electron chi connectivity index (χ2n) is 5.67. The number of carbonyl (C=O) groups excluding carboxylic acids is 1. The van der Waals surface area contributed by atoms with Gasteiger partial charge in [-0.2, -0.15) is 0 Å². The lowest BCUT2D eigenvalue weighted by Gasteiger charge is -2.18. The number of halogens is 2. The third kappa shape index (κ3) is 3.95. The molecule has 0 aliphatic carbocycles. The zero-order valence-electron chi connectivity index (χ0n) is 13.9. The predicted molar refractivity (Wildman–Crippen MR) is 98.8 cm³/mol. The van der Waals surface area contributed by atoms with Crippen LogP contribution in [0, 0.1) is 11.6 Å². The van der Waals surface area contributed by atoms with E-state index in [1.807, 2.05) is 0 Å². The minimum atomic E-state index is -1.28. The first-order valence-electron chi connectivity index (χ1n) is 7.80. The third-order valence-electron chi connectivity index (χ3n) is 3.83. The molecule has 27 heavy (non-hydrogen) atoms. The van der Waals surface area contributed by atoms with Gasteiger partial charge in [0.25, 0.3) is 5.91 Å². The third-order valence-corrected chi connectivity index (χ3v) is 5.03. The summed E-state index contributed by atoms with van der Waals surface area (Å²) in [4.78, 5) is 24.9. The number of carbonyl (C=O) groups is 2. The van der Waals surface area contributed by atoms with Gasteiger partial charge in [0.15, 0.2) is 0 Å². The normalized spacial score (nSPS) is 10.6. The van der Waals surface area contributed by atoms with Gasteiger partial charge in [0.05, 0.1) is 12.1 Å². The van der Waals surface area contributed by atoms with Crippen LogP contribution in [0.2, 0.25) is 0 Å². The van der Waals surface area contributed by atoms with Crippen molar-refractivity contribution in [3.63, 3.8) is 0 Å². The number of benzene rings is 2. The van der Waals surface area contributed by atoms with Gasteiger partial charge in [-0.15, -0.1) is 11.3 Å². The van der Waals surface area contributed by atoms with Gasteiger partial charge < -0.3 is 10.8 Å². The highest BCUT2D eigenvalue weighted by molar-refractivity contribution is 7.20. The fourth-order valence-corrected chi connectivity index (χ4v) is 3.76. The maximum atomic E-state index is 14.1. The summed E-state index contributed by atoms with van der Waals surface area (Å²) < 4.78 is 27.3. The van der Waals surface area contributed by atoms with Crippen molar-refractivity contribution in [1.82, 2.24) is 0 Å². The molecule has 0 saturated heterocycles. The Hall–Kier alpha value is -3.26. The van der Waals surface area contributed by atoms with Gasteiger partial charge in [-0.05, 0) is 23.8 Å². The van der Waals surface area contributed by atoms with E-state index >= 15 is 0 Å². The van der Waals surface area contributed by atoms with Gasteiger partial charge in [-0.25, -0.2) is 13.6 Å². The van der Waals surface area contributed by atoms with Crippen LogP contribution in [0.1, 0.15) is 15.9 Å². The van der Waals surface area contributed by atoms with Crippen molar-refractivity contribution in [2.75, 3.05) is 4.90 Å². The number of primary amides is 1. The SMILES string of the molecule is NC(=O)c1cc(-c2ccc(F)cc2F)sc1N(Cc1ccccc1)C(=O)O. The molecule has 0 aliphatic rings. The molecule has 3 N–H and O–H groups in total. The quantitative estimate of drug-likeness (QED) is 0.676. The Kier molecular flexibility index (Phi) is 5.18. The van der Waals surface area contributed by atoms with E-state index in [2.05, 4.69) is 0 Å². The van der Waals surface area contributed by atoms with E-state index in [4.69, 9.17) is 5.73 Å². The monoisotopic (exact) mass is 388 g/mol. The molecule has 138 valence electrons. The van der Waals surface area contributed by atoms with Crippen molar-refractivity contribution in [2.45, 2.75) is 6.54 Å². The van der Waals surface area contributed by atoms with Crippen LogP contribution in [0.3, 0.4) is 0 Å². The maximum Gasteiger partial charge on any atom is 0.412 e. The predicted octanol–water partition coefficient (Wildman–Crippen LogP) is 4.48. The number of nitrogens with zero attached hydrogens (tertiary/aromatic N) is 1. The van der Waals surface area contributed by atoms with Crippen molar-refractivity contribution >= 4 is 28.3 Å². The molecule has 0 saturated carbocycles. The van der Waals surface area contributed by atoms with Crippen LogP contribution in [0.4, 0.5) is 18.6 Å². The number of thiophene rings is 1. The van der Waals surface area contributed by atoms with E-state index < -0.39 is 23.6 Å². The summed E-state index contributed by atoms with van der Waals surface area (Å²) in [6.45, 7) is -0.0116. The summed E-state index contributed by atoms with van der Waals surface area (Å²) in [6.07, 6.45) is -1.28. The van der Waals surface area contributed by atoms with E-state index in [1.165, 1.54) is 12.1 Å². The summed E-state index contributed by atoms with van der Waals surface area (Å²) in [5.41, 5.74) is 6.11. The average molecular weight is 388 g/mol. The minimum Gasteiger partial charge on any atom is -0.465 e. The van der Waals surface area contributed by atoms with Gasteiger partial charge >= 0.3 is 6.09 Å². The highest BCUT2D eigenvalue weighted by Crippen LogP contribution is 2.39. The number of carboxylic acid groups (broad SMARTS) is 1. The Morgan fingerprint density at radius 1 is 1.07 bits per heavy atom. The van der Waals surface area contributed by atoms with Crippen LogP contribution < -0.4 is 10.6 Å². The second-order valence-corrected chi connectivity index (χ2v) is 6.70. The van der Waals surface area contributed by atoms with Gasteiger partial charge in [0.1, 0.15) is 16.6 Å². The highest BCUT2D eigenvalue weighted by Gasteiger charge is 2.25. The van der Waals surface area contributed by atoms with E-state index in [9.17, 15) is 23.5 Å². The molecule has 0 spiro atoms. The summed E-state index contributed by atoms with van der Waals surface area (Å²) in [7, 11) is 0. The van der Waals surface area contributed by atoms with Crippen molar-refractivity contribution in [3.8, 4) is 10.4 Å². The number of hydrogen-bond donors (Lipinski definition) is 2. The summed E-state index contributed by atoms with van der Waals surface area (Å²) >= 11 is 0.898. The number of anilines is 1. The molecule has 0 unspecified atom stereocenters. The molecule has 0 atom stereocenters. The zero-order valence-corrected chi connectivity index (χ0v) is 14.7. The number of amides is 2. The molecule has 2 aromatic carbocycles. The van der Waals surface area contributed by atoms with Gasteiger partial charge in [-0.3, -0.25) is 9.69 Å².